The van der Waals surface area contributed by atoms with E-state index >= 15 is 0 Å². The van der Waals surface area contributed by atoms with Crippen molar-refractivity contribution in [3.05, 3.63) is 18.2 Å². The summed E-state index contributed by atoms with van der Waals surface area (Å²) in [5, 5.41) is 9.78. The summed E-state index contributed by atoms with van der Waals surface area (Å²) in [5.41, 5.74) is 0.0574. The number of hydrogen-bond donors (Lipinski definition) is 3. The molecule has 0 saturated heterocycles. The van der Waals surface area contributed by atoms with Crippen molar-refractivity contribution in [2.45, 2.75) is 71.1 Å². The van der Waals surface area contributed by atoms with Crippen molar-refractivity contribution in [2.24, 2.45) is 0 Å². The van der Waals surface area contributed by atoms with Crippen LogP contribution in [-0.4, -0.2) is 53.6 Å². The van der Waals surface area contributed by atoms with Crippen LogP contribution in [0, 0.1) is 0 Å². The second-order valence-corrected chi connectivity index (χ2v) is 8.91. The first-order valence-electron chi connectivity index (χ1n) is 11.2. The highest BCUT2D eigenvalue weighted by Crippen LogP contribution is 2.29. The number of hydrogen-bond acceptors (Lipinski definition) is 8. The van der Waals surface area contributed by atoms with Gasteiger partial charge in [0.2, 0.25) is 5.95 Å². The maximum absolute atomic E-state index is 12.4. The Morgan fingerprint density at radius 2 is 1.82 bits per heavy atom. The van der Waals surface area contributed by atoms with E-state index < -0.39 is 17.8 Å². The van der Waals surface area contributed by atoms with E-state index in [1.165, 1.54) is 0 Å². The third-order valence-electron chi connectivity index (χ3n) is 5.18. The van der Waals surface area contributed by atoms with E-state index in [1.54, 1.807) is 26.2 Å². The molecular weight excluding hydrogens is 426 g/mol. The molecule has 0 bridgehead atoms. The van der Waals surface area contributed by atoms with E-state index in [0.29, 0.717) is 17.1 Å². The summed E-state index contributed by atoms with van der Waals surface area (Å²) >= 11 is 0. The van der Waals surface area contributed by atoms with E-state index in [2.05, 4.69) is 25.9 Å². The normalized spacial score (nSPS) is 18.3. The number of ether oxygens (including phenoxy) is 3. The monoisotopic (exact) mass is 459 g/mol. The first-order valence-corrected chi connectivity index (χ1v) is 11.2. The van der Waals surface area contributed by atoms with Crippen molar-refractivity contribution in [2.75, 3.05) is 24.4 Å². The molecule has 10 nitrogen and oxygen atoms in total. The van der Waals surface area contributed by atoms with Crippen molar-refractivity contribution in [3.63, 3.8) is 0 Å². The van der Waals surface area contributed by atoms with Gasteiger partial charge in [0.25, 0.3) is 0 Å². The molecule has 10 heteroatoms. The van der Waals surface area contributed by atoms with E-state index in [4.69, 9.17) is 14.2 Å². The largest absolute Gasteiger partial charge is 0.497 e. The number of amides is 2. The van der Waals surface area contributed by atoms with Gasteiger partial charge in [-0.1, -0.05) is 12.8 Å². The summed E-state index contributed by atoms with van der Waals surface area (Å²) in [5.74, 6) is 1.32. The molecule has 2 unspecified atom stereocenters. The predicted molar refractivity (Wildman–Crippen MR) is 126 cm³/mol. The van der Waals surface area contributed by atoms with Crippen LogP contribution in [0.25, 0.3) is 10.9 Å². The zero-order chi connectivity index (χ0) is 24.0. The number of nitrogens with zero attached hydrogens (tertiary/aromatic N) is 2. The van der Waals surface area contributed by atoms with Gasteiger partial charge in [0.1, 0.15) is 17.2 Å². The minimum absolute atomic E-state index is 0.0778. The molecule has 33 heavy (non-hydrogen) atoms. The van der Waals surface area contributed by atoms with Crippen LogP contribution < -0.4 is 20.7 Å². The topological polar surface area (TPSA) is 124 Å². The van der Waals surface area contributed by atoms with E-state index in [1.807, 2.05) is 26.8 Å². The Balaban J connectivity index is 1.89. The lowest BCUT2D eigenvalue weighted by Crippen LogP contribution is -2.49. The van der Waals surface area contributed by atoms with Crippen LogP contribution in [0.1, 0.15) is 53.4 Å². The van der Waals surface area contributed by atoms with Gasteiger partial charge in [-0.15, -0.1) is 0 Å². The number of anilines is 2. The highest BCUT2D eigenvalue weighted by Gasteiger charge is 2.29. The zero-order valence-electron chi connectivity index (χ0n) is 19.9. The number of carbonyl (C=O) groups excluding carboxylic acids is 2. The number of nitrogens with one attached hydrogen (secondary N) is 3. The van der Waals surface area contributed by atoms with Crippen LogP contribution in [0.4, 0.5) is 21.4 Å². The summed E-state index contributed by atoms with van der Waals surface area (Å²) in [6, 6.07) is 5.22. The van der Waals surface area contributed by atoms with Crippen molar-refractivity contribution < 1.29 is 23.8 Å². The zero-order valence-corrected chi connectivity index (χ0v) is 19.9. The molecule has 1 aliphatic rings. The fraction of sp³-hybridized carbons (Fsp3) is 0.565. The summed E-state index contributed by atoms with van der Waals surface area (Å²) < 4.78 is 15.8. The second-order valence-electron chi connectivity index (χ2n) is 8.91. The minimum Gasteiger partial charge on any atom is -0.497 e. The highest BCUT2D eigenvalue weighted by atomic mass is 16.6. The third-order valence-corrected chi connectivity index (χ3v) is 5.18. The smallest absolute Gasteiger partial charge is 0.414 e. The standard InChI is InChI=1S/C23H33N5O5/c1-6-32-21(29)28-20-25-16-12-11-14(31-5)13-15(16)19(27-20)24-17-9-7-8-10-18(17)26-22(30)33-23(2,3)4/h11-13,17-18H,6-10H2,1-5H3,(H,26,30)(H2,24,25,27,28,29). The Morgan fingerprint density at radius 3 is 2.48 bits per heavy atom. The fourth-order valence-corrected chi connectivity index (χ4v) is 3.77. The number of methoxy groups -OCH3 is 1. The lowest BCUT2D eigenvalue weighted by Gasteiger charge is -2.34. The Morgan fingerprint density at radius 1 is 1.09 bits per heavy atom. The number of rotatable bonds is 6. The van der Waals surface area contributed by atoms with Gasteiger partial charge < -0.3 is 24.8 Å². The lowest BCUT2D eigenvalue weighted by atomic mass is 9.90. The van der Waals surface area contributed by atoms with Gasteiger partial charge in [-0.3, -0.25) is 5.32 Å². The fourth-order valence-electron chi connectivity index (χ4n) is 3.77. The molecule has 3 N–H and O–H groups in total. The molecule has 180 valence electrons. The quantitative estimate of drug-likeness (QED) is 0.579. The van der Waals surface area contributed by atoms with Gasteiger partial charge in [-0.2, -0.15) is 4.98 Å². The number of fused-ring (bicyclic) bond motifs is 1. The van der Waals surface area contributed by atoms with Crippen LogP contribution in [-0.2, 0) is 9.47 Å². The minimum atomic E-state index is -0.626. The SMILES string of the molecule is CCOC(=O)Nc1nc(NC2CCCCC2NC(=O)OC(C)(C)C)c2cc(OC)ccc2n1. The number of carbonyl (C=O) groups is 2. The predicted octanol–water partition coefficient (Wildman–Crippen LogP) is 4.45. The molecule has 3 rings (SSSR count). The van der Waals surface area contributed by atoms with E-state index in [0.717, 1.165) is 31.1 Å². The van der Waals surface area contributed by atoms with Crippen LogP contribution >= 0.6 is 0 Å². The van der Waals surface area contributed by atoms with Gasteiger partial charge >= 0.3 is 12.2 Å². The average molecular weight is 460 g/mol. The van der Waals surface area contributed by atoms with Crippen LogP contribution in [0.5, 0.6) is 5.75 Å². The second kappa shape index (κ2) is 10.5. The Bertz CT molecular complexity index is 991. The van der Waals surface area contributed by atoms with Crippen LogP contribution in [0.3, 0.4) is 0 Å². The molecule has 2 amide bonds. The maximum Gasteiger partial charge on any atom is 0.414 e. The van der Waals surface area contributed by atoms with Crippen LogP contribution in [0.2, 0.25) is 0 Å². The summed E-state index contributed by atoms with van der Waals surface area (Å²) in [7, 11) is 1.59. The molecule has 0 radical (unpaired) electrons. The summed E-state index contributed by atoms with van der Waals surface area (Å²) in [6.45, 7) is 7.47. The highest BCUT2D eigenvalue weighted by molar-refractivity contribution is 5.93. The molecule has 1 aromatic heterocycles. The average Bonchev–Trinajstić information content (AvgIpc) is 2.73. The summed E-state index contributed by atoms with van der Waals surface area (Å²) in [6.07, 6.45) is 2.61. The Kier molecular flexibility index (Phi) is 7.78. The lowest BCUT2D eigenvalue weighted by molar-refractivity contribution is 0.0488. The van der Waals surface area contributed by atoms with E-state index in [9.17, 15) is 9.59 Å². The molecule has 1 aliphatic carbocycles. The molecule has 2 atom stereocenters. The van der Waals surface area contributed by atoms with Gasteiger partial charge in [-0.25, -0.2) is 14.6 Å². The molecular formula is C23H33N5O5. The molecule has 1 saturated carbocycles. The van der Waals surface area contributed by atoms with E-state index in [-0.39, 0.29) is 24.6 Å². The van der Waals surface area contributed by atoms with Gasteiger partial charge in [0, 0.05) is 11.4 Å². The first kappa shape index (κ1) is 24.3. The Hall–Kier alpha value is -3.30. The Labute approximate surface area is 193 Å². The molecule has 1 heterocycles. The molecule has 0 aliphatic heterocycles. The van der Waals surface area contributed by atoms with Crippen molar-refractivity contribution in [3.8, 4) is 5.75 Å². The van der Waals surface area contributed by atoms with Crippen molar-refractivity contribution in [1.82, 2.24) is 15.3 Å². The maximum atomic E-state index is 12.4. The van der Waals surface area contributed by atoms with Gasteiger partial charge in [0.05, 0.1) is 25.3 Å². The number of alkyl carbamates (subject to hydrolysis) is 1. The van der Waals surface area contributed by atoms with Gasteiger partial charge in [0.15, 0.2) is 0 Å². The molecule has 1 fully saturated rings. The molecule has 1 aromatic carbocycles. The van der Waals surface area contributed by atoms with Crippen molar-refractivity contribution >= 4 is 34.9 Å². The van der Waals surface area contributed by atoms with Crippen LogP contribution in [0.15, 0.2) is 18.2 Å². The number of aromatic nitrogens is 2. The number of benzene rings is 1. The molecule has 2 aromatic rings. The molecule has 0 spiro atoms. The van der Waals surface area contributed by atoms with Crippen molar-refractivity contribution in [1.29, 1.82) is 0 Å². The first-order chi connectivity index (χ1) is 15.7. The third kappa shape index (κ3) is 6.84. The summed E-state index contributed by atoms with van der Waals surface area (Å²) in [4.78, 5) is 33.3. The van der Waals surface area contributed by atoms with Gasteiger partial charge in [-0.05, 0) is 58.7 Å².